The van der Waals surface area contributed by atoms with Gasteiger partial charge in [0.05, 0.1) is 6.20 Å². The molecule has 1 N–H and O–H groups in total. The fourth-order valence-corrected chi connectivity index (χ4v) is 3.17. The predicted octanol–water partition coefficient (Wildman–Crippen LogP) is 1.68. The largest absolute Gasteiger partial charge is 0.368 e. The van der Waals surface area contributed by atoms with Crippen molar-refractivity contribution in [1.82, 2.24) is 20.0 Å². The van der Waals surface area contributed by atoms with E-state index in [1.54, 1.807) is 17.9 Å². The van der Waals surface area contributed by atoms with Gasteiger partial charge in [-0.1, -0.05) is 11.6 Å². The number of benzene rings is 1. The zero-order valence-electron chi connectivity index (χ0n) is 13.9. The van der Waals surface area contributed by atoms with Crippen LogP contribution >= 0.6 is 11.6 Å². The minimum atomic E-state index is -0.346. The van der Waals surface area contributed by atoms with Crippen molar-refractivity contribution in [3.05, 3.63) is 47.2 Å². The van der Waals surface area contributed by atoms with Crippen LogP contribution in [0.25, 0.3) is 0 Å². The van der Waals surface area contributed by atoms with Crippen molar-refractivity contribution in [2.45, 2.75) is 6.04 Å². The summed E-state index contributed by atoms with van der Waals surface area (Å²) in [7, 11) is 3.66. The summed E-state index contributed by atoms with van der Waals surface area (Å²) in [4.78, 5) is 17.0. The van der Waals surface area contributed by atoms with Crippen molar-refractivity contribution in [3.8, 4) is 0 Å². The molecule has 1 aromatic heterocycles. The van der Waals surface area contributed by atoms with Gasteiger partial charge in [-0.2, -0.15) is 5.10 Å². The normalized spacial score (nSPS) is 16.3. The van der Waals surface area contributed by atoms with Crippen LogP contribution in [0.4, 0.5) is 5.69 Å². The number of amides is 1. The van der Waals surface area contributed by atoms with E-state index in [1.165, 1.54) is 0 Å². The molecule has 1 aromatic carbocycles. The smallest absolute Gasteiger partial charge is 0.244 e. The molecule has 1 aliphatic rings. The van der Waals surface area contributed by atoms with Crippen LogP contribution in [-0.4, -0.2) is 53.8 Å². The lowest BCUT2D eigenvalue weighted by molar-refractivity contribution is -0.133. The molecule has 128 valence electrons. The topological polar surface area (TPSA) is 53.4 Å². The average molecular weight is 348 g/mol. The summed E-state index contributed by atoms with van der Waals surface area (Å²) >= 11 is 5.94. The molecule has 0 aliphatic carbocycles. The van der Waals surface area contributed by atoms with Gasteiger partial charge in [0.25, 0.3) is 0 Å². The molecule has 6 nitrogen and oxygen atoms in total. The molecule has 1 amide bonds. The van der Waals surface area contributed by atoms with E-state index in [0.717, 1.165) is 29.4 Å². The van der Waals surface area contributed by atoms with Crippen molar-refractivity contribution < 1.29 is 4.79 Å². The maximum Gasteiger partial charge on any atom is 0.244 e. The van der Waals surface area contributed by atoms with Gasteiger partial charge < -0.3 is 15.1 Å². The molecule has 1 saturated heterocycles. The van der Waals surface area contributed by atoms with E-state index in [4.69, 9.17) is 11.6 Å². The Morgan fingerprint density at radius 3 is 2.42 bits per heavy atom. The van der Waals surface area contributed by atoms with Crippen LogP contribution < -0.4 is 10.2 Å². The van der Waals surface area contributed by atoms with E-state index in [0.29, 0.717) is 13.1 Å². The summed E-state index contributed by atoms with van der Waals surface area (Å²) < 4.78 is 1.71. The molecule has 2 heterocycles. The van der Waals surface area contributed by atoms with Crippen molar-refractivity contribution >= 4 is 23.2 Å². The van der Waals surface area contributed by atoms with Gasteiger partial charge in [0.15, 0.2) is 0 Å². The molecule has 1 fully saturated rings. The van der Waals surface area contributed by atoms with E-state index in [-0.39, 0.29) is 11.9 Å². The van der Waals surface area contributed by atoms with Gasteiger partial charge in [0.1, 0.15) is 6.04 Å². The second-order valence-corrected chi connectivity index (χ2v) is 6.39. The highest BCUT2D eigenvalue weighted by molar-refractivity contribution is 6.30. The van der Waals surface area contributed by atoms with Crippen LogP contribution in [0.15, 0.2) is 36.7 Å². The third kappa shape index (κ3) is 3.55. The van der Waals surface area contributed by atoms with Crippen LogP contribution in [0.2, 0.25) is 5.02 Å². The lowest BCUT2D eigenvalue weighted by Gasteiger charge is -2.37. The first-order chi connectivity index (χ1) is 11.6. The number of carbonyl (C=O) groups excluding carboxylic acids is 1. The summed E-state index contributed by atoms with van der Waals surface area (Å²) in [5.74, 6) is 0.0984. The van der Waals surface area contributed by atoms with E-state index in [9.17, 15) is 4.79 Å². The number of aryl methyl sites for hydroxylation is 1. The van der Waals surface area contributed by atoms with Crippen LogP contribution in [0.5, 0.6) is 0 Å². The lowest BCUT2D eigenvalue weighted by atomic mass is 10.1. The van der Waals surface area contributed by atoms with Crippen LogP contribution in [0.3, 0.4) is 0 Å². The third-order valence-corrected chi connectivity index (χ3v) is 4.63. The Kier molecular flexibility index (Phi) is 5.06. The number of halogens is 1. The third-order valence-electron chi connectivity index (χ3n) is 4.38. The number of nitrogens with zero attached hydrogens (tertiary/aromatic N) is 4. The van der Waals surface area contributed by atoms with Gasteiger partial charge in [-0.3, -0.25) is 9.48 Å². The zero-order chi connectivity index (χ0) is 17.1. The Balaban J connectivity index is 1.63. The number of carbonyl (C=O) groups is 1. The molecular formula is C17H22ClN5O. The molecule has 1 aliphatic heterocycles. The number of hydrogen-bond acceptors (Lipinski definition) is 4. The number of anilines is 1. The van der Waals surface area contributed by atoms with Gasteiger partial charge >= 0.3 is 0 Å². The van der Waals surface area contributed by atoms with Crippen molar-refractivity contribution in [2.75, 3.05) is 38.1 Å². The maximum atomic E-state index is 12.8. The highest BCUT2D eigenvalue weighted by atomic mass is 35.5. The van der Waals surface area contributed by atoms with Gasteiger partial charge in [-0.25, -0.2) is 0 Å². The van der Waals surface area contributed by atoms with E-state index in [2.05, 4.69) is 15.3 Å². The van der Waals surface area contributed by atoms with Gasteiger partial charge in [0.2, 0.25) is 5.91 Å². The number of piperazine rings is 1. The SMILES string of the molecule is CNC(C(=O)N1CCN(c2ccc(Cl)cc2)CC1)c1cnn(C)c1. The quantitative estimate of drug-likeness (QED) is 0.914. The molecule has 24 heavy (non-hydrogen) atoms. The number of likely N-dealkylation sites (N-methyl/N-ethyl adjacent to an activating group) is 1. The first-order valence-corrected chi connectivity index (χ1v) is 8.41. The van der Waals surface area contributed by atoms with Crippen molar-refractivity contribution in [2.24, 2.45) is 7.05 Å². The second kappa shape index (κ2) is 7.23. The molecule has 1 unspecified atom stereocenters. The first-order valence-electron chi connectivity index (χ1n) is 8.03. The monoisotopic (exact) mass is 347 g/mol. The lowest BCUT2D eigenvalue weighted by Crippen LogP contribution is -2.51. The van der Waals surface area contributed by atoms with Crippen LogP contribution in [-0.2, 0) is 11.8 Å². The van der Waals surface area contributed by atoms with Crippen molar-refractivity contribution in [3.63, 3.8) is 0 Å². The molecule has 0 radical (unpaired) electrons. The number of rotatable bonds is 4. The predicted molar refractivity (Wildman–Crippen MR) is 95.3 cm³/mol. The molecule has 0 saturated carbocycles. The summed E-state index contributed by atoms with van der Waals surface area (Å²) in [6, 6.07) is 7.49. The fraction of sp³-hybridized carbons (Fsp3) is 0.412. The summed E-state index contributed by atoms with van der Waals surface area (Å²) in [6.45, 7) is 3.05. The van der Waals surface area contributed by atoms with E-state index < -0.39 is 0 Å². The molecule has 0 bridgehead atoms. The molecule has 7 heteroatoms. The molecule has 3 rings (SSSR count). The molecule has 0 spiro atoms. The zero-order valence-corrected chi connectivity index (χ0v) is 14.7. The van der Waals surface area contributed by atoms with E-state index in [1.807, 2.05) is 42.4 Å². The van der Waals surface area contributed by atoms with Crippen molar-refractivity contribution in [1.29, 1.82) is 0 Å². The minimum Gasteiger partial charge on any atom is -0.368 e. The number of nitrogens with one attached hydrogen (secondary N) is 1. The highest BCUT2D eigenvalue weighted by Gasteiger charge is 2.28. The molecule has 1 atom stereocenters. The Hall–Kier alpha value is -2.05. The fourth-order valence-electron chi connectivity index (χ4n) is 3.04. The summed E-state index contributed by atoms with van der Waals surface area (Å²) in [5, 5.41) is 8.00. The van der Waals surface area contributed by atoms with Crippen LogP contribution in [0, 0.1) is 0 Å². The molecule has 2 aromatic rings. The van der Waals surface area contributed by atoms with Gasteiger partial charge in [-0.05, 0) is 31.3 Å². The summed E-state index contributed by atoms with van der Waals surface area (Å²) in [6.07, 6.45) is 3.62. The Labute approximate surface area is 147 Å². The Bertz CT molecular complexity index is 691. The average Bonchev–Trinajstić information content (AvgIpc) is 3.02. The second-order valence-electron chi connectivity index (χ2n) is 5.96. The number of hydrogen-bond donors (Lipinski definition) is 1. The van der Waals surface area contributed by atoms with E-state index >= 15 is 0 Å². The van der Waals surface area contributed by atoms with Gasteiger partial charge in [-0.15, -0.1) is 0 Å². The minimum absolute atomic E-state index is 0.0984. The number of aromatic nitrogens is 2. The van der Waals surface area contributed by atoms with Crippen LogP contribution in [0.1, 0.15) is 11.6 Å². The highest BCUT2D eigenvalue weighted by Crippen LogP contribution is 2.21. The Morgan fingerprint density at radius 1 is 1.21 bits per heavy atom. The molecular weight excluding hydrogens is 326 g/mol. The first kappa shape index (κ1) is 16.8. The maximum absolute atomic E-state index is 12.8. The Morgan fingerprint density at radius 2 is 1.88 bits per heavy atom. The standard InChI is InChI=1S/C17H22ClN5O/c1-19-16(13-11-20-21(2)12-13)17(24)23-9-7-22(8-10-23)15-5-3-14(18)4-6-15/h3-6,11-12,16,19H,7-10H2,1-2H3. The summed E-state index contributed by atoms with van der Waals surface area (Å²) in [5.41, 5.74) is 2.04. The van der Waals surface area contributed by atoms with Gasteiger partial charge in [0, 0.05) is 55.7 Å².